The number of aryl methyl sites for hydroxylation is 1. The van der Waals surface area contributed by atoms with Crippen LogP contribution in [-0.4, -0.2) is 30.3 Å². The second-order valence-corrected chi connectivity index (χ2v) is 4.12. The Bertz CT molecular complexity index is 379. The van der Waals surface area contributed by atoms with Gasteiger partial charge in [-0.25, -0.2) is 0 Å². The lowest BCUT2D eigenvalue weighted by atomic mass is 10.1. The molecule has 2 N–H and O–H groups in total. The number of hydrogen-bond donors (Lipinski definition) is 2. The topological polar surface area (TPSA) is 58.6 Å². The summed E-state index contributed by atoms with van der Waals surface area (Å²) in [6.45, 7) is 4.87. The van der Waals surface area contributed by atoms with E-state index < -0.39 is 12.0 Å². The Balaban J connectivity index is 2.58. The van der Waals surface area contributed by atoms with Crippen molar-refractivity contribution in [1.29, 1.82) is 0 Å². The normalized spacial score (nSPS) is 12.1. The van der Waals surface area contributed by atoms with Gasteiger partial charge in [-0.2, -0.15) is 0 Å². The van der Waals surface area contributed by atoms with Crippen LogP contribution >= 0.6 is 0 Å². The number of carbonyl (C=O) groups is 1. The molecule has 1 aromatic rings. The van der Waals surface area contributed by atoms with E-state index in [4.69, 9.17) is 9.84 Å². The highest BCUT2D eigenvalue weighted by Gasteiger charge is 2.17. The highest BCUT2D eigenvalue weighted by molar-refractivity contribution is 5.73. The van der Waals surface area contributed by atoms with Gasteiger partial charge in [-0.1, -0.05) is 32.0 Å². The number of carboxylic acid groups (broad SMARTS) is 1. The van der Waals surface area contributed by atoms with Gasteiger partial charge < -0.3 is 15.2 Å². The molecule has 100 valence electrons. The fourth-order valence-corrected chi connectivity index (χ4v) is 1.65. The van der Waals surface area contributed by atoms with E-state index in [0.29, 0.717) is 6.54 Å². The zero-order valence-electron chi connectivity index (χ0n) is 11.0. The van der Waals surface area contributed by atoms with E-state index in [1.807, 2.05) is 38.1 Å². The van der Waals surface area contributed by atoms with E-state index in [0.717, 1.165) is 24.2 Å². The van der Waals surface area contributed by atoms with Crippen LogP contribution in [-0.2, 0) is 11.2 Å². The maximum absolute atomic E-state index is 11.0. The van der Waals surface area contributed by atoms with E-state index in [1.54, 1.807) is 0 Å². The quantitative estimate of drug-likeness (QED) is 0.742. The smallest absolute Gasteiger partial charge is 0.324 e. The predicted molar refractivity (Wildman–Crippen MR) is 71.0 cm³/mol. The molecule has 0 radical (unpaired) electrons. The highest BCUT2D eigenvalue weighted by atomic mass is 16.5. The molecule has 0 bridgehead atoms. The van der Waals surface area contributed by atoms with Crippen molar-refractivity contribution in [1.82, 2.24) is 5.32 Å². The SMILES string of the molecule is CCCNC(COc1ccccc1CC)C(=O)O. The maximum atomic E-state index is 11.0. The Morgan fingerprint density at radius 3 is 2.72 bits per heavy atom. The summed E-state index contributed by atoms with van der Waals surface area (Å²) in [6, 6.07) is 7.05. The third-order valence-corrected chi connectivity index (χ3v) is 2.70. The average Bonchev–Trinajstić information content (AvgIpc) is 2.38. The van der Waals surface area contributed by atoms with Gasteiger partial charge in [0.15, 0.2) is 0 Å². The Morgan fingerprint density at radius 1 is 1.39 bits per heavy atom. The van der Waals surface area contributed by atoms with Crippen molar-refractivity contribution in [3.05, 3.63) is 29.8 Å². The van der Waals surface area contributed by atoms with Crippen LogP contribution in [0.15, 0.2) is 24.3 Å². The van der Waals surface area contributed by atoms with Crippen LogP contribution in [0.2, 0.25) is 0 Å². The molecule has 1 atom stereocenters. The Morgan fingerprint density at radius 2 is 2.11 bits per heavy atom. The molecule has 18 heavy (non-hydrogen) atoms. The zero-order valence-corrected chi connectivity index (χ0v) is 11.0. The molecule has 0 aromatic heterocycles. The van der Waals surface area contributed by atoms with Gasteiger partial charge in [-0.05, 0) is 31.0 Å². The van der Waals surface area contributed by atoms with Gasteiger partial charge in [0.1, 0.15) is 18.4 Å². The van der Waals surface area contributed by atoms with E-state index in [9.17, 15) is 4.79 Å². The summed E-state index contributed by atoms with van der Waals surface area (Å²) in [5.41, 5.74) is 1.09. The van der Waals surface area contributed by atoms with Crippen molar-refractivity contribution in [2.24, 2.45) is 0 Å². The fourth-order valence-electron chi connectivity index (χ4n) is 1.65. The first-order valence-electron chi connectivity index (χ1n) is 6.35. The molecule has 4 nitrogen and oxygen atoms in total. The number of rotatable bonds is 8. The minimum Gasteiger partial charge on any atom is -0.491 e. The van der Waals surface area contributed by atoms with Gasteiger partial charge in [-0.3, -0.25) is 4.79 Å². The van der Waals surface area contributed by atoms with Crippen LogP contribution < -0.4 is 10.1 Å². The van der Waals surface area contributed by atoms with Crippen molar-refractivity contribution in [3.8, 4) is 5.75 Å². The molecule has 0 saturated heterocycles. The number of aliphatic carboxylic acids is 1. The van der Waals surface area contributed by atoms with Gasteiger partial charge in [0.05, 0.1) is 0 Å². The van der Waals surface area contributed by atoms with E-state index in [2.05, 4.69) is 5.32 Å². The van der Waals surface area contributed by atoms with Crippen molar-refractivity contribution in [2.75, 3.05) is 13.2 Å². The molecule has 0 fully saturated rings. The molecule has 1 unspecified atom stereocenters. The molecule has 0 aliphatic heterocycles. The first-order valence-corrected chi connectivity index (χ1v) is 6.35. The Labute approximate surface area is 108 Å². The summed E-state index contributed by atoms with van der Waals surface area (Å²) in [5, 5.41) is 12.0. The maximum Gasteiger partial charge on any atom is 0.324 e. The summed E-state index contributed by atoms with van der Waals surface area (Å²) in [6.07, 6.45) is 1.77. The molecular formula is C14H21NO3. The van der Waals surface area contributed by atoms with Crippen LogP contribution in [0, 0.1) is 0 Å². The highest BCUT2D eigenvalue weighted by Crippen LogP contribution is 2.18. The van der Waals surface area contributed by atoms with Crippen molar-refractivity contribution in [3.63, 3.8) is 0 Å². The minimum atomic E-state index is -0.877. The molecule has 0 spiro atoms. The first-order chi connectivity index (χ1) is 8.69. The van der Waals surface area contributed by atoms with E-state index >= 15 is 0 Å². The monoisotopic (exact) mass is 251 g/mol. The number of ether oxygens (including phenoxy) is 1. The predicted octanol–water partition coefficient (Wildman–Crippen LogP) is 2.08. The first kappa shape index (κ1) is 14.5. The number of nitrogens with one attached hydrogen (secondary N) is 1. The van der Waals surface area contributed by atoms with Crippen LogP contribution in [0.3, 0.4) is 0 Å². The van der Waals surface area contributed by atoms with Crippen LogP contribution in [0.1, 0.15) is 25.8 Å². The van der Waals surface area contributed by atoms with Gasteiger partial charge in [0, 0.05) is 0 Å². The van der Waals surface area contributed by atoms with Crippen LogP contribution in [0.4, 0.5) is 0 Å². The Hall–Kier alpha value is -1.55. The summed E-state index contributed by atoms with van der Waals surface area (Å²) < 4.78 is 5.61. The molecule has 0 aliphatic carbocycles. The number of carboxylic acids is 1. The number of hydrogen-bond acceptors (Lipinski definition) is 3. The zero-order chi connectivity index (χ0) is 13.4. The van der Waals surface area contributed by atoms with Gasteiger partial charge >= 0.3 is 5.97 Å². The van der Waals surface area contributed by atoms with Crippen LogP contribution in [0.5, 0.6) is 5.75 Å². The third-order valence-electron chi connectivity index (χ3n) is 2.70. The fraction of sp³-hybridized carbons (Fsp3) is 0.500. The van der Waals surface area contributed by atoms with Crippen molar-refractivity contribution >= 4 is 5.97 Å². The van der Waals surface area contributed by atoms with Gasteiger partial charge in [-0.15, -0.1) is 0 Å². The summed E-state index contributed by atoms with van der Waals surface area (Å²) in [7, 11) is 0. The lowest BCUT2D eigenvalue weighted by Gasteiger charge is -2.16. The second kappa shape index (κ2) is 7.71. The average molecular weight is 251 g/mol. The largest absolute Gasteiger partial charge is 0.491 e. The third kappa shape index (κ3) is 4.37. The molecule has 0 aliphatic rings. The standard InChI is InChI=1S/C14H21NO3/c1-3-9-15-12(14(16)17)10-18-13-8-6-5-7-11(13)4-2/h5-8,12,15H,3-4,9-10H2,1-2H3,(H,16,17). The van der Waals surface area contributed by atoms with E-state index in [1.165, 1.54) is 0 Å². The molecule has 0 heterocycles. The van der Waals surface area contributed by atoms with Crippen molar-refractivity contribution in [2.45, 2.75) is 32.7 Å². The summed E-state index contributed by atoms with van der Waals surface area (Å²) in [4.78, 5) is 11.0. The van der Waals surface area contributed by atoms with Crippen molar-refractivity contribution < 1.29 is 14.6 Å². The Kier molecular flexibility index (Phi) is 6.22. The molecule has 1 rings (SSSR count). The van der Waals surface area contributed by atoms with Crippen LogP contribution in [0.25, 0.3) is 0 Å². The lowest BCUT2D eigenvalue weighted by molar-refractivity contribution is -0.140. The summed E-state index contributed by atoms with van der Waals surface area (Å²) >= 11 is 0. The lowest BCUT2D eigenvalue weighted by Crippen LogP contribution is -2.41. The summed E-state index contributed by atoms with van der Waals surface area (Å²) in [5.74, 6) is -0.109. The number of para-hydroxylation sites is 1. The molecule has 0 saturated carbocycles. The molecule has 0 amide bonds. The van der Waals surface area contributed by atoms with Gasteiger partial charge in [0.25, 0.3) is 0 Å². The van der Waals surface area contributed by atoms with E-state index in [-0.39, 0.29) is 6.61 Å². The second-order valence-electron chi connectivity index (χ2n) is 4.12. The molecular weight excluding hydrogens is 230 g/mol. The van der Waals surface area contributed by atoms with Gasteiger partial charge in [0.2, 0.25) is 0 Å². The minimum absolute atomic E-state index is 0.145. The molecule has 4 heteroatoms. The molecule has 1 aromatic carbocycles. The number of benzene rings is 1.